The molecule has 0 aromatic carbocycles. The molecular weight excluding hydrogens is 318 g/mol. The van der Waals surface area contributed by atoms with Gasteiger partial charge in [0, 0.05) is 0 Å². The summed E-state index contributed by atoms with van der Waals surface area (Å²) in [5.74, 6) is 0. The van der Waals surface area contributed by atoms with Crippen molar-refractivity contribution in [3.63, 3.8) is 0 Å². The Hall–Kier alpha value is -0.440. The van der Waals surface area contributed by atoms with Gasteiger partial charge in [0.1, 0.15) is 42.7 Å². The molecule has 2 aliphatic rings. The fourth-order valence-corrected chi connectivity index (χ4v) is 2.61. The third-order valence-corrected chi connectivity index (χ3v) is 4.07. The second kappa shape index (κ2) is 7.63. The van der Waals surface area contributed by atoms with Crippen LogP contribution in [0.1, 0.15) is 0 Å². The van der Waals surface area contributed by atoms with Crippen LogP contribution in [0.4, 0.5) is 0 Å². The van der Waals surface area contributed by atoms with Crippen LogP contribution in [0.15, 0.2) is 0 Å². The molecule has 1 unspecified atom stereocenters. The van der Waals surface area contributed by atoms with Crippen LogP contribution in [0.2, 0.25) is 0 Å². The number of hydrogen-bond donors (Lipinski definition) is 8. The van der Waals surface area contributed by atoms with Crippen LogP contribution in [0, 0.1) is 0 Å². The van der Waals surface area contributed by atoms with Crippen LogP contribution in [-0.2, 0) is 14.2 Å². The molecule has 2 fully saturated rings. The molecule has 11 heteroatoms. The van der Waals surface area contributed by atoms with E-state index in [0.29, 0.717) is 0 Å². The lowest BCUT2D eigenvalue weighted by Crippen LogP contribution is -2.66. The standard InChI is InChI=1S/C12H23NO10/c13-5-6(16)3(1-14)22-12(8(5)18)23-10-7(17)4(2-15)21-11(20)9(10)19/h3-12,14-20H,1-2,13H2/t3-,4-,5+,6-,7-,8+,9+,10+,11?,12-/m1/s1. The maximum Gasteiger partial charge on any atom is 0.186 e. The highest BCUT2D eigenvalue weighted by Crippen LogP contribution is 2.27. The molecule has 10 atom stereocenters. The molecule has 0 aromatic rings. The third-order valence-electron chi connectivity index (χ3n) is 4.07. The van der Waals surface area contributed by atoms with Crippen molar-refractivity contribution in [3.8, 4) is 0 Å². The average molecular weight is 341 g/mol. The van der Waals surface area contributed by atoms with E-state index >= 15 is 0 Å². The van der Waals surface area contributed by atoms with E-state index in [9.17, 15) is 25.5 Å². The first-order valence-corrected chi connectivity index (χ1v) is 7.15. The van der Waals surface area contributed by atoms with Crippen LogP contribution in [-0.4, -0.2) is 110 Å². The van der Waals surface area contributed by atoms with Gasteiger partial charge in [-0.25, -0.2) is 0 Å². The van der Waals surface area contributed by atoms with Crippen molar-refractivity contribution < 1.29 is 50.0 Å². The van der Waals surface area contributed by atoms with Crippen molar-refractivity contribution >= 4 is 0 Å². The van der Waals surface area contributed by atoms with E-state index in [0.717, 1.165) is 0 Å². The van der Waals surface area contributed by atoms with Crippen LogP contribution in [0.3, 0.4) is 0 Å². The van der Waals surface area contributed by atoms with Gasteiger partial charge in [0.15, 0.2) is 12.6 Å². The van der Waals surface area contributed by atoms with Crippen LogP contribution < -0.4 is 5.73 Å². The summed E-state index contributed by atoms with van der Waals surface area (Å²) < 4.78 is 15.3. The van der Waals surface area contributed by atoms with Crippen molar-refractivity contribution in [2.24, 2.45) is 5.73 Å². The van der Waals surface area contributed by atoms with Gasteiger partial charge in [0.25, 0.3) is 0 Å². The van der Waals surface area contributed by atoms with E-state index in [1.165, 1.54) is 0 Å². The maximum absolute atomic E-state index is 10.0. The molecule has 0 radical (unpaired) electrons. The lowest BCUT2D eigenvalue weighted by molar-refractivity contribution is -0.346. The Labute approximate surface area is 131 Å². The van der Waals surface area contributed by atoms with Gasteiger partial charge in [-0.05, 0) is 0 Å². The molecule has 136 valence electrons. The molecule has 9 N–H and O–H groups in total. The van der Waals surface area contributed by atoms with Gasteiger partial charge in [-0.15, -0.1) is 0 Å². The van der Waals surface area contributed by atoms with Gasteiger partial charge < -0.3 is 55.7 Å². The summed E-state index contributed by atoms with van der Waals surface area (Å²) in [5.41, 5.74) is 5.62. The number of rotatable bonds is 4. The van der Waals surface area contributed by atoms with Crippen molar-refractivity contribution in [2.75, 3.05) is 13.2 Å². The summed E-state index contributed by atoms with van der Waals surface area (Å²) in [4.78, 5) is 0. The van der Waals surface area contributed by atoms with Gasteiger partial charge in [-0.2, -0.15) is 0 Å². The van der Waals surface area contributed by atoms with E-state index in [1.807, 2.05) is 0 Å². The van der Waals surface area contributed by atoms with E-state index in [2.05, 4.69) is 0 Å². The number of hydrogen-bond acceptors (Lipinski definition) is 11. The summed E-state index contributed by atoms with van der Waals surface area (Å²) >= 11 is 0. The summed E-state index contributed by atoms with van der Waals surface area (Å²) in [5, 5.41) is 67.4. The summed E-state index contributed by atoms with van der Waals surface area (Å²) in [6, 6.07) is -1.20. The molecule has 0 aliphatic carbocycles. The van der Waals surface area contributed by atoms with Crippen molar-refractivity contribution in [2.45, 2.75) is 61.3 Å². The smallest absolute Gasteiger partial charge is 0.186 e. The number of nitrogens with two attached hydrogens (primary N) is 1. The van der Waals surface area contributed by atoms with E-state index < -0.39 is 74.6 Å². The third kappa shape index (κ3) is 3.65. The average Bonchev–Trinajstić information content (AvgIpc) is 2.54. The second-order valence-electron chi connectivity index (χ2n) is 5.61. The van der Waals surface area contributed by atoms with Crippen molar-refractivity contribution in [1.82, 2.24) is 0 Å². The van der Waals surface area contributed by atoms with Gasteiger partial charge in [-0.1, -0.05) is 0 Å². The summed E-state index contributed by atoms with van der Waals surface area (Å²) in [6.07, 6.45) is -13.1. The molecule has 2 rings (SSSR count). The maximum atomic E-state index is 10.0. The fraction of sp³-hybridized carbons (Fsp3) is 1.00. The van der Waals surface area contributed by atoms with E-state index in [1.54, 1.807) is 0 Å². The van der Waals surface area contributed by atoms with Gasteiger partial charge in [0.2, 0.25) is 0 Å². The Morgan fingerprint density at radius 2 is 1.35 bits per heavy atom. The lowest BCUT2D eigenvalue weighted by Gasteiger charge is -2.45. The first-order chi connectivity index (χ1) is 10.8. The minimum atomic E-state index is -1.73. The second-order valence-corrected chi connectivity index (χ2v) is 5.61. The normalized spacial score (nSPS) is 51.7. The zero-order chi connectivity index (χ0) is 17.3. The first kappa shape index (κ1) is 18.9. The molecule has 0 amide bonds. The number of aliphatic hydroxyl groups excluding tert-OH is 7. The van der Waals surface area contributed by atoms with Crippen molar-refractivity contribution in [3.05, 3.63) is 0 Å². The van der Waals surface area contributed by atoms with Crippen LogP contribution in [0.5, 0.6) is 0 Å². The Morgan fingerprint density at radius 3 is 1.91 bits per heavy atom. The van der Waals surface area contributed by atoms with Crippen LogP contribution in [0.25, 0.3) is 0 Å². The predicted molar refractivity (Wildman–Crippen MR) is 70.6 cm³/mol. The van der Waals surface area contributed by atoms with Crippen LogP contribution >= 0.6 is 0 Å². The molecule has 11 nitrogen and oxygen atoms in total. The number of ether oxygens (including phenoxy) is 3. The van der Waals surface area contributed by atoms with Gasteiger partial charge in [-0.3, -0.25) is 0 Å². The SMILES string of the molecule is N[C@@H]1[C@H](O)[C@@H](O[C@H]2[C@H](O)[C@@H](CO)OC(O)[C@H]2O)O[C@H](CO)[C@H]1O. The first-order valence-electron chi connectivity index (χ1n) is 7.15. The number of aliphatic hydroxyl groups is 7. The van der Waals surface area contributed by atoms with E-state index in [-0.39, 0.29) is 0 Å². The molecule has 0 bridgehead atoms. The highest BCUT2D eigenvalue weighted by molar-refractivity contribution is 4.95. The fourth-order valence-electron chi connectivity index (χ4n) is 2.61. The van der Waals surface area contributed by atoms with E-state index in [4.69, 9.17) is 30.2 Å². The zero-order valence-electron chi connectivity index (χ0n) is 12.1. The van der Waals surface area contributed by atoms with Gasteiger partial charge in [0.05, 0.1) is 19.3 Å². The molecule has 0 aromatic heterocycles. The Bertz CT molecular complexity index is 385. The quantitative estimate of drug-likeness (QED) is 0.243. The Morgan fingerprint density at radius 1 is 0.783 bits per heavy atom. The highest BCUT2D eigenvalue weighted by atomic mass is 16.7. The predicted octanol–water partition coefficient (Wildman–Crippen LogP) is -5.43. The largest absolute Gasteiger partial charge is 0.394 e. The molecule has 23 heavy (non-hydrogen) atoms. The monoisotopic (exact) mass is 341 g/mol. The summed E-state index contributed by atoms with van der Waals surface area (Å²) in [6.45, 7) is -1.24. The molecular formula is C12H23NO10. The highest BCUT2D eigenvalue weighted by Gasteiger charge is 2.49. The topological polar surface area (TPSA) is 195 Å². The Kier molecular flexibility index (Phi) is 6.27. The summed E-state index contributed by atoms with van der Waals surface area (Å²) in [7, 11) is 0. The molecule has 2 aliphatic heterocycles. The molecule has 0 spiro atoms. The lowest BCUT2D eigenvalue weighted by atomic mass is 9.96. The molecule has 2 heterocycles. The zero-order valence-corrected chi connectivity index (χ0v) is 12.1. The van der Waals surface area contributed by atoms with Gasteiger partial charge >= 0.3 is 0 Å². The Balaban J connectivity index is 2.11. The molecule has 2 saturated heterocycles. The molecule has 0 saturated carbocycles. The van der Waals surface area contributed by atoms with Crippen molar-refractivity contribution in [1.29, 1.82) is 0 Å². The minimum absolute atomic E-state index is 0.595. The minimum Gasteiger partial charge on any atom is -0.394 e.